The van der Waals surface area contributed by atoms with Crippen LogP contribution in [-0.2, 0) is 0 Å². The van der Waals surface area contributed by atoms with Crippen molar-refractivity contribution < 1.29 is 0 Å². The van der Waals surface area contributed by atoms with E-state index in [1.807, 2.05) is 0 Å². The molecule has 0 radical (unpaired) electrons. The first kappa shape index (κ1) is 15.5. The first-order valence-electron chi connectivity index (χ1n) is 5.99. The van der Waals surface area contributed by atoms with Crippen LogP contribution in [0.5, 0.6) is 0 Å². The first-order chi connectivity index (χ1) is 7.17. The zero-order chi connectivity index (χ0) is 11.3. The van der Waals surface area contributed by atoms with Crippen LogP contribution in [-0.4, -0.2) is 0 Å². The lowest BCUT2D eigenvalue weighted by Crippen LogP contribution is -2.15. The monoisotopic (exact) mass is 241 g/mol. The van der Waals surface area contributed by atoms with Gasteiger partial charge in [0, 0.05) is 6.04 Å². The Hall–Kier alpha value is -0.530. The molecule has 1 rings (SSSR count). The summed E-state index contributed by atoms with van der Waals surface area (Å²) in [6.07, 6.45) is 3.57. The highest BCUT2D eigenvalue weighted by atomic mass is 35.5. The SMILES string of the molecule is CCC(CC)CC(N)c1cccc(C)c1.Cl. The fourth-order valence-electron chi connectivity index (χ4n) is 2.02. The third-order valence-corrected chi connectivity index (χ3v) is 3.21. The van der Waals surface area contributed by atoms with Crippen LogP contribution in [0, 0.1) is 12.8 Å². The summed E-state index contributed by atoms with van der Waals surface area (Å²) in [6, 6.07) is 8.76. The Morgan fingerprint density at radius 1 is 1.19 bits per heavy atom. The van der Waals surface area contributed by atoms with E-state index >= 15 is 0 Å². The minimum Gasteiger partial charge on any atom is -0.324 e. The van der Waals surface area contributed by atoms with Crippen molar-refractivity contribution in [3.8, 4) is 0 Å². The second kappa shape index (κ2) is 7.70. The normalized spacial score (nSPS) is 12.3. The van der Waals surface area contributed by atoms with Gasteiger partial charge in [-0.2, -0.15) is 0 Å². The van der Waals surface area contributed by atoms with Gasteiger partial charge in [0.2, 0.25) is 0 Å². The van der Waals surface area contributed by atoms with Crippen LogP contribution in [0.25, 0.3) is 0 Å². The zero-order valence-corrected chi connectivity index (χ0v) is 11.4. The highest BCUT2D eigenvalue weighted by molar-refractivity contribution is 5.85. The zero-order valence-electron chi connectivity index (χ0n) is 10.6. The van der Waals surface area contributed by atoms with Crippen molar-refractivity contribution in [2.45, 2.75) is 46.1 Å². The van der Waals surface area contributed by atoms with E-state index in [2.05, 4.69) is 45.0 Å². The van der Waals surface area contributed by atoms with Crippen LogP contribution < -0.4 is 5.73 Å². The maximum Gasteiger partial charge on any atom is 0.0297 e. The van der Waals surface area contributed by atoms with Crippen LogP contribution in [0.15, 0.2) is 24.3 Å². The van der Waals surface area contributed by atoms with Gasteiger partial charge in [0.05, 0.1) is 0 Å². The quantitative estimate of drug-likeness (QED) is 0.820. The van der Waals surface area contributed by atoms with Crippen molar-refractivity contribution in [3.63, 3.8) is 0 Å². The first-order valence-corrected chi connectivity index (χ1v) is 5.99. The Balaban J connectivity index is 0.00000225. The lowest BCUT2D eigenvalue weighted by atomic mass is 9.91. The molecule has 1 nitrogen and oxygen atoms in total. The van der Waals surface area contributed by atoms with E-state index in [0.29, 0.717) is 0 Å². The van der Waals surface area contributed by atoms with E-state index in [1.54, 1.807) is 0 Å². The van der Waals surface area contributed by atoms with Gasteiger partial charge in [0.15, 0.2) is 0 Å². The van der Waals surface area contributed by atoms with Gasteiger partial charge in [-0.15, -0.1) is 12.4 Å². The molecule has 0 saturated carbocycles. The lowest BCUT2D eigenvalue weighted by Gasteiger charge is -2.18. The Bertz CT molecular complexity index is 295. The van der Waals surface area contributed by atoms with Crippen LogP contribution in [0.1, 0.15) is 50.3 Å². The molecular formula is C14H24ClN. The lowest BCUT2D eigenvalue weighted by molar-refractivity contribution is 0.414. The molecule has 1 atom stereocenters. The highest BCUT2D eigenvalue weighted by Gasteiger charge is 2.11. The molecule has 16 heavy (non-hydrogen) atoms. The summed E-state index contributed by atoms with van der Waals surface area (Å²) in [4.78, 5) is 0. The number of hydrogen-bond donors (Lipinski definition) is 1. The molecule has 0 bridgehead atoms. The average molecular weight is 242 g/mol. The van der Waals surface area contributed by atoms with Crippen LogP contribution >= 0.6 is 12.4 Å². The van der Waals surface area contributed by atoms with Crippen molar-refractivity contribution >= 4 is 12.4 Å². The molecule has 0 fully saturated rings. The summed E-state index contributed by atoms with van der Waals surface area (Å²) < 4.78 is 0. The molecule has 1 aromatic carbocycles. The van der Waals surface area contributed by atoms with Crippen LogP contribution in [0.2, 0.25) is 0 Å². The smallest absolute Gasteiger partial charge is 0.0297 e. The molecular weight excluding hydrogens is 218 g/mol. The fourth-order valence-corrected chi connectivity index (χ4v) is 2.02. The van der Waals surface area contributed by atoms with Crippen molar-refractivity contribution in [2.24, 2.45) is 11.7 Å². The van der Waals surface area contributed by atoms with E-state index in [0.717, 1.165) is 12.3 Å². The molecule has 0 aromatic heterocycles. The van der Waals surface area contributed by atoms with E-state index < -0.39 is 0 Å². The standard InChI is InChI=1S/C14H23N.ClH/c1-4-12(5-2)10-14(15)13-8-6-7-11(3)9-13;/h6-9,12,14H,4-5,10,15H2,1-3H3;1H. The molecule has 0 aliphatic carbocycles. The van der Waals surface area contributed by atoms with Gasteiger partial charge in [-0.05, 0) is 24.8 Å². The number of benzene rings is 1. The summed E-state index contributed by atoms with van der Waals surface area (Å²) in [6.45, 7) is 6.61. The van der Waals surface area contributed by atoms with Gasteiger partial charge in [0.1, 0.15) is 0 Å². The third kappa shape index (κ3) is 4.54. The number of rotatable bonds is 5. The van der Waals surface area contributed by atoms with Crippen LogP contribution in [0.4, 0.5) is 0 Å². The summed E-state index contributed by atoms with van der Waals surface area (Å²) in [5, 5.41) is 0. The third-order valence-electron chi connectivity index (χ3n) is 3.21. The van der Waals surface area contributed by atoms with E-state index in [-0.39, 0.29) is 18.4 Å². The second-order valence-electron chi connectivity index (χ2n) is 4.44. The predicted octanol–water partition coefficient (Wildman–Crippen LogP) is 4.24. The van der Waals surface area contributed by atoms with Gasteiger partial charge in [-0.25, -0.2) is 0 Å². The number of aryl methyl sites for hydroxylation is 1. The molecule has 0 amide bonds. The van der Waals surface area contributed by atoms with Crippen molar-refractivity contribution in [1.82, 2.24) is 0 Å². The largest absolute Gasteiger partial charge is 0.324 e. The molecule has 0 saturated heterocycles. The molecule has 2 N–H and O–H groups in total. The molecule has 1 aromatic rings. The minimum absolute atomic E-state index is 0. The maximum atomic E-state index is 6.22. The minimum atomic E-state index is 0. The molecule has 0 heterocycles. The number of nitrogens with two attached hydrogens (primary N) is 1. The Morgan fingerprint density at radius 2 is 1.81 bits per heavy atom. The summed E-state index contributed by atoms with van der Waals surface area (Å²) in [5.74, 6) is 0.764. The fraction of sp³-hybridized carbons (Fsp3) is 0.571. The Morgan fingerprint density at radius 3 is 2.31 bits per heavy atom. The van der Waals surface area contributed by atoms with E-state index in [4.69, 9.17) is 5.73 Å². The molecule has 1 unspecified atom stereocenters. The average Bonchev–Trinajstić information content (AvgIpc) is 2.25. The Labute approximate surface area is 106 Å². The van der Waals surface area contributed by atoms with Gasteiger partial charge in [0.25, 0.3) is 0 Å². The van der Waals surface area contributed by atoms with Gasteiger partial charge < -0.3 is 5.73 Å². The van der Waals surface area contributed by atoms with Gasteiger partial charge >= 0.3 is 0 Å². The van der Waals surface area contributed by atoms with Crippen LogP contribution in [0.3, 0.4) is 0 Å². The van der Waals surface area contributed by atoms with Gasteiger partial charge in [-0.1, -0.05) is 56.5 Å². The summed E-state index contributed by atoms with van der Waals surface area (Å²) in [7, 11) is 0. The van der Waals surface area contributed by atoms with E-state index in [1.165, 1.54) is 24.0 Å². The molecule has 0 spiro atoms. The predicted molar refractivity (Wildman–Crippen MR) is 74.0 cm³/mol. The summed E-state index contributed by atoms with van der Waals surface area (Å²) >= 11 is 0. The molecule has 2 heteroatoms. The number of hydrogen-bond acceptors (Lipinski definition) is 1. The van der Waals surface area contributed by atoms with Gasteiger partial charge in [-0.3, -0.25) is 0 Å². The molecule has 92 valence electrons. The molecule has 0 aliphatic heterocycles. The highest BCUT2D eigenvalue weighted by Crippen LogP contribution is 2.23. The summed E-state index contributed by atoms with van der Waals surface area (Å²) in [5.41, 5.74) is 8.79. The molecule has 0 aliphatic rings. The second-order valence-corrected chi connectivity index (χ2v) is 4.44. The maximum absolute atomic E-state index is 6.22. The number of halogens is 1. The van der Waals surface area contributed by atoms with Crippen molar-refractivity contribution in [2.75, 3.05) is 0 Å². The van der Waals surface area contributed by atoms with E-state index in [9.17, 15) is 0 Å². The topological polar surface area (TPSA) is 26.0 Å². The Kier molecular flexibility index (Phi) is 7.44. The van der Waals surface area contributed by atoms with Crippen molar-refractivity contribution in [3.05, 3.63) is 35.4 Å². The van der Waals surface area contributed by atoms with Crippen molar-refractivity contribution in [1.29, 1.82) is 0 Å².